The van der Waals surface area contributed by atoms with Crippen LogP contribution < -0.4 is 5.73 Å². The highest BCUT2D eigenvalue weighted by atomic mass is 31.2. The molecule has 4 rings (SSSR count). The van der Waals surface area contributed by atoms with Crippen LogP contribution in [0.15, 0.2) is 24.5 Å². The number of imidazole rings is 1. The average molecular weight is 353 g/mol. The minimum atomic E-state index is -4.34. The number of hydrogen-bond donors (Lipinski definition) is 5. The SMILES string of the molecule is Nc1ncnc2c1ncn2[C@@H]1C(O)C(O)C2(C=CP(=O)(O)O)CC12. The Morgan fingerprint density at radius 2 is 2.08 bits per heavy atom. The van der Waals surface area contributed by atoms with E-state index in [2.05, 4.69) is 15.0 Å². The molecule has 5 atom stereocenters. The summed E-state index contributed by atoms with van der Waals surface area (Å²) >= 11 is 0. The number of nitrogens with two attached hydrogens (primary N) is 1. The van der Waals surface area contributed by atoms with Crippen LogP contribution in [0, 0.1) is 11.3 Å². The molecule has 0 saturated heterocycles. The van der Waals surface area contributed by atoms with Gasteiger partial charge in [0.1, 0.15) is 17.9 Å². The zero-order chi connectivity index (χ0) is 17.3. The van der Waals surface area contributed by atoms with Crippen LogP contribution in [0.4, 0.5) is 5.82 Å². The second kappa shape index (κ2) is 4.84. The number of aromatic nitrogens is 4. The van der Waals surface area contributed by atoms with Gasteiger partial charge in [0.25, 0.3) is 0 Å². The van der Waals surface area contributed by atoms with Crippen LogP contribution in [0.2, 0.25) is 0 Å². The molecule has 0 aromatic carbocycles. The summed E-state index contributed by atoms with van der Waals surface area (Å²) < 4.78 is 12.7. The molecule has 2 aliphatic carbocycles. The number of anilines is 1. The van der Waals surface area contributed by atoms with Gasteiger partial charge in [0.05, 0.1) is 18.5 Å². The molecule has 4 unspecified atom stereocenters. The molecular formula is C13H16N5O5P. The van der Waals surface area contributed by atoms with Gasteiger partial charge in [-0.05, 0) is 12.3 Å². The van der Waals surface area contributed by atoms with Crippen molar-refractivity contribution in [3.8, 4) is 0 Å². The number of aliphatic hydroxyl groups excluding tert-OH is 2. The lowest BCUT2D eigenvalue weighted by atomic mass is 10.00. The Morgan fingerprint density at radius 3 is 2.79 bits per heavy atom. The van der Waals surface area contributed by atoms with E-state index in [1.165, 1.54) is 18.7 Å². The fourth-order valence-electron chi connectivity index (χ4n) is 3.82. The molecule has 2 saturated carbocycles. The summed E-state index contributed by atoms with van der Waals surface area (Å²) in [5.41, 5.74) is 5.76. The molecule has 2 fully saturated rings. The van der Waals surface area contributed by atoms with Crippen LogP contribution in [-0.2, 0) is 4.57 Å². The molecular weight excluding hydrogens is 337 g/mol. The quantitative estimate of drug-likeness (QED) is 0.452. The van der Waals surface area contributed by atoms with E-state index < -0.39 is 31.3 Å². The Labute approximate surface area is 135 Å². The zero-order valence-electron chi connectivity index (χ0n) is 12.3. The predicted octanol–water partition coefficient (Wildman–Crippen LogP) is -0.617. The molecule has 2 heterocycles. The van der Waals surface area contributed by atoms with E-state index in [1.807, 2.05) is 0 Å². The highest BCUT2D eigenvalue weighted by Crippen LogP contribution is 2.69. The normalized spacial score (nSPS) is 35.7. The summed E-state index contributed by atoms with van der Waals surface area (Å²) in [4.78, 5) is 30.2. The Kier molecular flexibility index (Phi) is 3.16. The fourth-order valence-corrected chi connectivity index (χ4v) is 4.29. The minimum absolute atomic E-state index is 0.182. The largest absolute Gasteiger partial charge is 0.389 e. The van der Waals surface area contributed by atoms with Gasteiger partial charge in [0.2, 0.25) is 0 Å². The third-order valence-electron chi connectivity index (χ3n) is 5.03. The fraction of sp³-hybridized carbons (Fsp3) is 0.462. The van der Waals surface area contributed by atoms with E-state index in [4.69, 9.17) is 15.5 Å². The van der Waals surface area contributed by atoms with Gasteiger partial charge in [0, 0.05) is 11.2 Å². The standard InChI is InChI=1S/C13H16N5O5P/c14-11-7-12(16-4-15-11)18(5-17-7)8-6-3-13(6,10(20)9(8)19)1-2-24(21,22)23/h1-2,4-6,8-10,19-20H,3H2,(H2,14,15,16)(H2,21,22,23)/t6?,8-,9?,10?,13?/m0/s1. The van der Waals surface area contributed by atoms with E-state index in [0.717, 1.165) is 5.82 Å². The number of aliphatic hydroxyl groups is 2. The summed E-state index contributed by atoms with van der Waals surface area (Å²) in [5, 5.41) is 20.9. The molecule has 0 amide bonds. The molecule has 24 heavy (non-hydrogen) atoms. The first kappa shape index (κ1) is 15.7. The smallest absolute Gasteiger partial charge is 0.348 e. The van der Waals surface area contributed by atoms with Gasteiger partial charge in [0.15, 0.2) is 11.5 Å². The van der Waals surface area contributed by atoms with Crippen molar-refractivity contribution in [2.45, 2.75) is 24.7 Å². The van der Waals surface area contributed by atoms with Gasteiger partial charge >= 0.3 is 7.60 Å². The van der Waals surface area contributed by atoms with E-state index >= 15 is 0 Å². The van der Waals surface area contributed by atoms with Crippen molar-refractivity contribution in [1.29, 1.82) is 0 Å². The highest BCUT2D eigenvalue weighted by Gasteiger charge is 2.70. The summed E-state index contributed by atoms with van der Waals surface area (Å²) in [7, 11) is -4.34. The lowest BCUT2D eigenvalue weighted by Gasteiger charge is -2.23. The molecule has 0 bridgehead atoms. The summed E-state index contributed by atoms with van der Waals surface area (Å²) in [6.45, 7) is 0. The van der Waals surface area contributed by atoms with Crippen molar-refractivity contribution >= 4 is 24.6 Å². The Hall–Kier alpha value is -1.84. The number of fused-ring (bicyclic) bond motifs is 2. The summed E-state index contributed by atoms with van der Waals surface area (Å²) in [5.74, 6) is 0.825. The van der Waals surface area contributed by atoms with E-state index in [1.54, 1.807) is 4.57 Å². The van der Waals surface area contributed by atoms with Gasteiger partial charge in [-0.2, -0.15) is 0 Å². The van der Waals surface area contributed by atoms with Crippen molar-refractivity contribution in [2.24, 2.45) is 11.3 Å². The third-order valence-corrected chi connectivity index (χ3v) is 5.56. The first-order valence-corrected chi connectivity index (χ1v) is 8.97. The molecule has 2 aromatic heterocycles. The summed E-state index contributed by atoms with van der Waals surface area (Å²) in [6.07, 6.45) is 2.37. The predicted molar refractivity (Wildman–Crippen MR) is 82.5 cm³/mol. The first-order valence-electron chi connectivity index (χ1n) is 7.29. The average Bonchev–Trinajstić information content (AvgIpc) is 3.00. The number of rotatable bonds is 3. The third kappa shape index (κ3) is 2.11. The molecule has 10 nitrogen and oxygen atoms in total. The molecule has 128 valence electrons. The second-order valence-electron chi connectivity index (χ2n) is 6.34. The van der Waals surface area contributed by atoms with Gasteiger partial charge in [-0.3, -0.25) is 4.57 Å². The van der Waals surface area contributed by atoms with Crippen LogP contribution in [-0.4, -0.2) is 51.7 Å². The Balaban J connectivity index is 1.74. The molecule has 0 radical (unpaired) electrons. The molecule has 6 N–H and O–H groups in total. The maximum Gasteiger partial charge on any atom is 0.348 e. The van der Waals surface area contributed by atoms with E-state index in [0.29, 0.717) is 17.6 Å². The number of nitrogens with zero attached hydrogens (tertiary/aromatic N) is 4. The topological polar surface area (TPSA) is 168 Å². The van der Waals surface area contributed by atoms with Crippen LogP contribution in [0.25, 0.3) is 11.2 Å². The maximum absolute atomic E-state index is 11.1. The monoisotopic (exact) mass is 353 g/mol. The minimum Gasteiger partial charge on any atom is -0.389 e. The van der Waals surface area contributed by atoms with Crippen LogP contribution >= 0.6 is 7.60 Å². The molecule has 0 spiro atoms. The second-order valence-corrected chi connectivity index (χ2v) is 7.81. The highest BCUT2D eigenvalue weighted by molar-refractivity contribution is 7.55. The van der Waals surface area contributed by atoms with Crippen molar-refractivity contribution < 1.29 is 24.6 Å². The van der Waals surface area contributed by atoms with Gasteiger partial charge in [-0.1, -0.05) is 6.08 Å². The van der Waals surface area contributed by atoms with Crippen LogP contribution in [0.1, 0.15) is 12.5 Å². The van der Waals surface area contributed by atoms with Gasteiger partial charge in [-0.15, -0.1) is 0 Å². The Morgan fingerprint density at radius 1 is 1.33 bits per heavy atom. The Bertz CT molecular complexity index is 894. The molecule has 11 heteroatoms. The van der Waals surface area contributed by atoms with Gasteiger partial charge in [-0.25, -0.2) is 15.0 Å². The summed E-state index contributed by atoms with van der Waals surface area (Å²) in [6, 6.07) is -0.513. The van der Waals surface area contributed by atoms with Gasteiger partial charge < -0.3 is 30.3 Å². The van der Waals surface area contributed by atoms with Crippen LogP contribution in [0.3, 0.4) is 0 Å². The lowest BCUT2D eigenvalue weighted by molar-refractivity contribution is -0.00808. The van der Waals surface area contributed by atoms with Crippen molar-refractivity contribution in [3.63, 3.8) is 0 Å². The molecule has 0 aliphatic heterocycles. The van der Waals surface area contributed by atoms with E-state index in [-0.39, 0.29) is 11.7 Å². The number of hydrogen-bond acceptors (Lipinski definition) is 7. The first-order chi connectivity index (χ1) is 11.2. The van der Waals surface area contributed by atoms with Crippen molar-refractivity contribution in [3.05, 3.63) is 24.5 Å². The molecule has 2 aliphatic rings. The van der Waals surface area contributed by atoms with Crippen molar-refractivity contribution in [2.75, 3.05) is 5.73 Å². The lowest BCUT2D eigenvalue weighted by Crippen LogP contribution is -2.33. The maximum atomic E-state index is 11.1. The zero-order valence-corrected chi connectivity index (χ0v) is 13.2. The van der Waals surface area contributed by atoms with Crippen molar-refractivity contribution in [1.82, 2.24) is 19.5 Å². The molecule has 2 aromatic rings. The van der Waals surface area contributed by atoms with Crippen LogP contribution in [0.5, 0.6) is 0 Å². The number of nitrogen functional groups attached to an aromatic ring is 1. The van der Waals surface area contributed by atoms with E-state index in [9.17, 15) is 14.8 Å².